The van der Waals surface area contributed by atoms with Crippen LogP contribution in [0.5, 0.6) is 0 Å². The lowest BCUT2D eigenvalue weighted by Gasteiger charge is -2.38. The molecule has 2 aliphatic rings. The number of rotatable bonds is 8. The molecule has 2 atom stereocenters. The molecule has 4 nitrogen and oxygen atoms in total. The molecule has 1 aromatic rings. The summed E-state index contributed by atoms with van der Waals surface area (Å²) in [6, 6.07) is 3.59. The molecule has 0 saturated carbocycles. The van der Waals surface area contributed by atoms with Crippen LogP contribution in [0.25, 0.3) is 0 Å². The van der Waals surface area contributed by atoms with Gasteiger partial charge in [-0.25, -0.2) is 13.8 Å². The fraction of sp³-hybridized carbons (Fsp3) is 0.667. The van der Waals surface area contributed by atoms with Crippen molar-refractivity contribution < 1.29 is 8.78 Å². The number of piperidine rings is 1. The number of nitrogens with zero attached hydrogens (tertiary/aromatic N) is 2. The molecule has 150 valence electrons. The highest BCUT2D eigenvalue weighted by Crippen LogP contribution is 2.24. The third kappa shape index (κ3) is 5.26. The van der Waals surface area contributed by atoms with Crippen LogP contribution in [0, 0.1) is 0 Å². The highest BCUT2D eigenvalue weighted by Gasteiger charge is 2.31. The maximum absolute atomic E-state index is 13.7. The number of likely N-dealkylation sites (N-methyl/N-ethyl adjacent to an activating group) is 1. The second-order valence-corrected chi connectivity index (χ2v) is 7.79. The first-order chi connectivity index (χ1) is 13.1. The summed E-state index contributed by atoms with van der Waals surface area (Å²) in [5, 5.41) is 6.61. The maximum Gasteiger partial charge on any atom is 0.253 e. The van der Waals surface area contributed by atoms with Gasteiger partial charge < -0.3 is 10.6 Å². The van der Waals surface area contributed by atoms with Gasteiger partial charge in [-0.1, -0.05) is 19.1 Å². The Labute approximate surface area is 161 Å². The van der Waals surface area contributed by atoms with Crippen LogP contribution < -0.4 is 10.6 Å². The number of hydrogen-bond donors (Lipinski definition) is 2. The van der Waals surface area contributed by atoms with E-state index in [9.17, 15) is 8.78 Å². The Balaban J connectivity index is 1.49. The fourth-order valence-electron chi connectivity index (χ4n) is 4.21. The number of aromatic nitrogens is 1. The zero-order valence-corrected chi connectivity index (χ0v) is 16.3. The van der Waals surface area contributed by atoms with Crippen molar-refractivity contribution in [2.75, 3.05) is 32.0 Å². The molecule has 1 aromatic heterocycles. The molecule has 0 spiro atoms. The van der Waals surface area contributed by atoms with Crippen molar-refractivity contribution in [3.05, 3.63) is 35.5 Å². The van der Waals surface area contributed by atoms with Crippen molar-refractivity contribution in [1.82, 2.24) is 15.2 Å². The topological polar surface area (TPSA) is 40.2 Å². The Bertz CT molecular complexity index is 635. The first-order valence-electron chi connectivity index (χ1n) is 10.2. The molecular formula is C21H32F2N4. The van der Waals surface area contributed by atoms with Gasteiger partial charge in [0.05, 0.1) is 6.04 Å². The second-order valence-electron chi connectivity index (χ2n) is 7.79. The molecule has 0 unspecified atom stereocenters. The van der Waals surface area contributed by atoms with Crippen molar-refractivity contribution >= 4 is 5.82 Å². The standard InChI is InChI=1S/C21H32F2N4/c1-15-14-24-13-11-18(15)27(2)19(20(22)23)8-4-3-7-17-10-9-16-6-5-12-25-21(16)26-17/h9-10,18-20,24H,1,3-8,11-14H2,2H3,(H,25,26)/t18-,19+/m0/s1. The monoisotopic (exact) mass is 378 g/mol. The minimum Gasteiger partial charge on any atom is -0.370 e. The largest absolute Gasteiger partial charge is 0.370 e. The Morgan fingerprint density at radius 1 is 1.30 bits per heavy atom. The smallest absolute Gasteiger partial charge is 0.253 e. The highest BCUT2D eigenvalue weighted by molar-refractivity contribution is 5.46. The highest BCUT2D eigenvalue weighted by atomic mass is 19.3. The van der Waals surface area contributed by atoms with E-state index in [0.717, 1.165) is 75.2 Å². The lowest BCUT2D eigenvalue weighted by Crippen LogP contribution is -2.49. The molecule has 1 saturated heterocycles. The van der Waals surface area contributed by atoms with Crippen LogP contribution in [0.15, 0.2) is 24.3 Å². The van der Waals surface area contributed by atoms with Gasteiger partial charge in [-0.2, -0.15) is 0 Å². The van der Waals surface area contributed by atoms with Gasteiger partial charge in [0.1, 0.15) is 5.82 Å². The predicted octanol–water partition coefficient (Wildman–Crippen LogP) is 3.64. The summed E-state index contributed by atoms with van der Waals surface area (Å²) in [5.74, 6) is 1.01. The van der Waals surface area contributed by atoms with Crippen LogP contribution in [0.1, 0.15) is 43.4 Å². The van der Waals surface area contributed by atoms with Crippen molar-refractivity contribution in [1.29, 1.82) is 0 Å². The number of anilines is 1. The van der Waals surface area contributed by atoms with Crippen LogP contribution in [0.4, 0.5) is 14.6 Å². The van der Waals surface area contributed by atoms with Crippen LogP contribution in [-0.4, -0.2) is 55.1 Å². The van der Waals surface area contributed by atoms with Gasteiger partial charge in [-0.15, -0.1) is 0 Å². The minimum absolute atomic E-state index is 0.0543. The minimum atomic E-state index is -2.33. The van der Waals surface area contributed by atoms with E-state index in [4.69, 9.17) is 4.98 Å². The zero-order chi connectivity index (χ0) is 19.2. The number of nitrogens with one attached hydrogen (secondary N) is 2. The average Bonchev–Trinajstić information content (AvgIpc) is 2.67. The number of halogens is 2. The molecule has 3 heterocycles. The van der Waals surface area contributed by atoms with Gasteiger partial charge in [-0.3, -0.25) is 4.90 Å². The van der Waals surface area contributed by atoms with Gasteiger partial charge >= 0.3 is 0 Å². The second kappa shape index (κ2) is 9.60. The van der Waals surface area contributed by atoms with Crippen LogP contribution in [0.3, 0.4) is 0 Å². The third-order valence-electron chi connectivity index (χ3n) is 5.86. The Hall–Kier alpha value is -1.53. The zero-order valence-electron chi connectivity index (χ0n) is 16.3. The normalized spacial score (nSPS) is 21.2. The molecule has 0 aliphatic carbocycles. The number of hydrogen-bond acceptors (Lipinski definition) is 4. The molecule has 0 radical (unpaired) electrons. The molecule has 1 fully saturated rings. The number of pyridine rings is 1. The van der Waals surface area contributed by atoms with Gasteiger partial charge in [0.15, 0.2) is 0 Å². The molecule has 0 aromatic carbocycles. The summed E-state index contributed by atoms with van der Waals surface area (Å²) in [6.07, 6.45) is 3.77. The average molecular weight is 379 g/mol. The molecule has 0 bridgehead atoms. The summed E-state index contributed by atoms with van der Waals surface area (Å²) in [4.78, 5) is 6.55. The van der Waals surface area contributed by atoms with Gasteiger partial charge in [0.2, 0.25) is 0 Å². The van der Waals surface area contributed by atoms with Crippen molar-refractivity contribution in [3.8, 4) is 0 Å². The van der Waals surface area contributed by atoms with E-state index in [-0.39, 0.29) is 6.04 Å². The lowest BCUT2D eigenvalue weighted by molar-refractivity contribution is 0.0152. The Morgan fingerprint density at radius 2 is 2.15 bits per heavy atom. The van der Waals surface area contributed by atoms with E-state index in [2.05, 4.69) is 29.3 Å². The number of fused-ring (bicyclic) bond motifs is 1. The molecule has 0 amide bonds. The Morgan fingerprint density at radius 3 is 2.93 bits per heavy atom. The van der Waals surface area contributed by atoms with Crippen LogP contribution in [-0.2, 0) is 12.8 Å². The van der Waals surface area contributed by atoms with E-state index in [0.29, 0.717) is 6.42 Å². The molecular weight excluding hydrogens is 346 g/mol. The van der Waals surface area contributed by atoms with Crippen LogP contribution in [0.2, 0.25) is 0 Å². The lowest BCUT2D eigenvalue weighted by atomic mass is 9.97. The first kappa shape index (κ1) is 20.2. The van der Waals surface area contributed by atoms with Crippen LogP contribution >= 0.6 is 0 Å². The van der Waals surface area contributed by atoms with Gasteiger partial charge in [-0.05, 0) is 69.3 Å². The Kier molecular flexibility index (Phi) is 7.19. The molecule has 2 aliphatic heterocycles. The fourth-order valence-corrected chi connectivity index (χ4v) is 4.21. The number of unbranched alkanes of at least 4 members (excludes halogenated alkanes) is 1. The van der Waals surface area contributed by atoms with E-state index in [1.807, 2.05) is 11.9 Å². The molecule has 2 N–H and O–H groups in total. The van der Waals surface area contributed by atoms with E-state index in [1.54, 1.807) is 0 Å². The summed E-state index contributed by atoms with van der Waals surface area (Å²) in [7, 11) is 1.83. The number of aryl methyl sites for hydroxylation is 2. The summed E-state index contributed by atoms with van der Waals surface area (Å²) in [5.41, 5.74) is 3.35. The van der Waals surface area contributed by atoms with E-state index >= 15 is 0 Å². The van der Waals surface area contributed by atoms with Crippen molar-refractivity contribution in [2.24, 2.45) is 0 Å². The van der Waals surface area contributed by atoms with Gasteiger partial charge in [0, 0.05) is 24.8 Å². The van der Waals surface area contributed by atoms with E-state index in [1.165, 1.54) is 5.56 Å². The van der Waals surface area contributed by atoms with Gasteiger partial charge in [0.25, 0.3) is 6.43 Å². The van der Waals surface area contributed by atoms with E-state index < -0.39 is 12.5 Å². The quantitative estimate of drug-likeness (QED) is 0.535. The summed E-state index contributed by atoms with van der Waals surface area (Å²) in [6.45, 7) is 6.63. The molecule has 3 rings (SSSR count). The molecule has 27 heavy (non-hydrogen) atoms. The number of alkyl halides is 2. The summed E-state index contributed by atoms with van der Waals surface area (Å²) < 4.78 is 27.3. The van der Waals surface area contributed by atoms with Crippen molar-refractivity contribution in [2.45, 2.75) is 63.5 Å². The van der Waals surface area contributed by atoms with Crippen molar-refractivity contribution in [3.63, 3.8) is 0 Å². The maximum atomic E-state index is 13.7. The SMILES string of the molecule is C=C1CNCC[C@@H]1N(C)[C@H](CCCCc1ccc2c(n1)NCCC2)C(F)F. The first-order valence-corrected chi connectivity index (χ1v) is 10.2. The predicted molar refractivity (Wildman–Crippen MR) is 107 cm³/mol. The summed E-state index contributed by atoms with van der Waals surface area (Å²) >= 11 is 0. The third-order valence-corrected chi connectivity index (χ3v) is 5.86. The molecule has 6 heteroatoms.